The average molecular weight is 313 g/mol. The van der Waals surface area contributed by atoms with Crippen molar-refractivity contribution in [2.75, 3.05) is 12.3 Å². The molecule has 20 heavy (non-hydrogen) atoms. The molecular formula is C12H12FN3O2S2. The van der Waals surface area contributed by atoms with Crippen molar-refractivity contribution in [1.29, 1.82) is 0 Å². The second-order valence-electron chi connectivity index (χ2n) is 4.46. The van der Waals surface area contributed by atoms with Gasteiger partial charge in [-0.1, -0.05) is 0 Å². The van der Waals surface area contributed by atoms with Crippen molar-refractivity contribution in [3.8, 4) is 0 Å². The summed E-state index contributed by atoms with van der Waals surface area (Å²) in [6, 6.07) is 4.85. The fraction of sp³-hybridized carbons (Fsp3) is 0.250. The fourth-order valence-electron chi connectivity index (χ4n) is 2.15. The number of nitrogens with two attached hydrogens (primary N) is 1. The van der Waals surface area contributed by atoms with E-state index >= 15 is 0 Å². The zero-order valence-electron chi connectivity index (χ0n) is 10.4. The molecule has 0 saturated heterocycles. The Bertz CT molecular complexity index is 741. The van der Waals surface area contributed by atoms with Crippen molar-refractivity contribution in [2.45, 2.75) is 17.9 Å². The Hall–Kier alpha value is -1.51. The molecule has 2 aromatic rings. The van der Waals surface area contributed by atoms with Crippen LogP contribution < -0.4 is 5.73 Å². The number of anilines is 1. The van der Waals surface area contributed by atoms with Gasteiger partial charge in [0, 0.05) is 17.8 Å². The van der Waals surface area contributed by atoms with Crippen LogP contribution in [0.3, 0.4) is 0 Å². The summed E-state index contributed by atoms with van der Waals surface area (Å²) in [4.78, 5) is 5.15. The van der Waals surface area contributed by atoms with E-state index in [4.69, 9.17) is 5.73 Å². The summed E-state index contributed by atoms with van der Waals surface area (Å²) >= 11 is 1.31. The van der Waals surface area contributed by atoms with Gasteiger partial charge in [0.2, 0.25) is 10.0 Å². The molecule has 0 radical (unpaired) electrons. The SMILES string of the molecule is Nc1nc2c(s1)CN(S(=O)(=O)c1ccc(F)cc1)CC2. The molecule has 106 valence electrons. The Morgan fingerprint density at radius 1 is 1.30 bits per heavy atom. The van der Waals surface area contributed by atoms with Gasteiger partial charge in [-0.2, -0.15) is 4.31 Å². The molecule has 0 saturated carbocycles. The largest absolute Gasteiger partial charge is 0.375 e. The van der Waals surface area contributed by atoms with E-state index in [1.54, 1.807) is 0 Å². The van der Waals surface area contributed by atoms with Crippen LogP contribution in [0.1, 0.15) is 10.6 Å². The van der Waals surface area contributed by atoms with E-state index in [0.29, 0.717) is 18.1 Å². The van der Waals surface area contributed by atoms with Gasteiger partial charge < -0.3 is 5.73 Å². The van der Waals surface area contributed by atoms with Crippen LogP contribution in [0.2, 0.25) is 0 Å². The molecule has 0 unspecified atom stereocenters. The van der Waals surface area contributed by atoms with E-state index in [1.807, 2.05) is 0 Å². The van der Waals surface area contributed by atoms with Crippen LogP contribution in [0.4, 0.5) is 9.52 Å². The Morgan fingerprint density at radius 3 is 2.70 bits per heavy atom. The van der Waals surface area contributed by atoms with Gasteiger partial charge in [-0.15, -0.1) is 11.3 Å². The van der Waals surface area contributed by atoms with Crippen LogP contribution in [-0.4, -0.2) is 24.3 Å². The number of aromatic nitrogens is 1. The van der Waals surface area contributed by atoms with Crippen molar-refractivity contribution in [2.24, 2.45) is 0 Å². The topological polar surface area (TPSA) is 76.3 Å². The van der Waals surface area contributed by atoms with Gasteiger partial charge in [0.15, 0.2) is 5.13 Å². The van der Waals surface area contributed by atoms with Crippen LogP contribution in [0, 0.1) is 5.82 Å². The smallest absolute Gasteiger partial charge is 0.243 e. The molecule has 2 heterocycles. The highest BCUT2D eigenvalue weighted by atomic mass is 32.2. The van der Waals surface area contributed by atoms with Crippen LogP contribution in [0.15, 0.2) is 29.2 Å². The number of nitrogen functional groups attached to an aromatic ring is 1. The number of benzene rings is 1. The van der Waals surface area contributed by atoms with Crippen molar-refractivity contribution in [1.82, 2.24) is 9.29 Å². The van der Waals surface area contributed by atoms with E-state index in [9.17, 15) is 12.8 Å². The lowest BCUT2D eigenvalue weighted by Crippen LogP contribution is -2.35. The minimum Gasteiger partial charge on any atom is -0.375 e. The van der Waals surface area contributed by atoms with Crippen molar-refractivity contribution in [3.05, 3.63) is 40.7 Å². The molecule has 0 amide bonds. The van der Waals surface area contributed by atoms with Crippen molar-refractivity contribution < 1.29 is 12.8 Å². The average Bonchev–Trinajstić information content (AvgIpc) is 2.78. The molecular weight excluding hydrogens is 301 g/mol. The number of halogens is 1. The summed E-state index contributed by atoms with van der Waals surface area (Å²) in [5.41, 5.74) is 6.51. The molecule has 1 aromatic heterocycles. The van der Waals surface area contributed by atoms with E-state index in [1.165, 1.54) is 27.8 Å². The first-order valence-corrected chi connectivity index (χ1v) is 8.22. The third-order valence-corrected chi connectivity index (χ3v) is 5.94. The Balaban J connectivity index is 1.91. The molecule has 1 aliphatic heterocycles. The van der Waals surface area contributed by atoms with E-state index in [0.717, 1.165) is 22.7 Å². The second-order valence-corrected chi connectivity index (χ2v) is 7.52. The Kier molecular flexibility index (Phi) is 3.23. The van der Waals surface area contributed by atoms with Crippen LogP contribution >= 0.6 is 11.3 Å². The summed E-state index contributed by atoms with van der Waals surface area (Å²) in [7, 11) is -3.61. The highest BCUT2D eigenvalue weighted by molar-refractivity contribution is 7.89. The molecule has 0 aliphatic carbocycles. The molecule has 5 nitrogen and oxygen atoms in total. The van der Waals surface area contributed by atoms with Crippen molar-refractivity contribution in [3.63, 3.8) is 0 Å². The van der Waals surface area contributed by atoms with Gasteiger partial charge in [0.05, 0.1) is 17.1 Å². The maximum atomic E-state index is 12.9. The number of sulfonamides is 1. The number of thiazole rings is 1. The molecule has 1 aliphatic rings. The molecule has 8 heteroatoms. The Morgan fingerprint density at radius 2 is 2.00 bits per heavy atom. The van der Waals surface area contributed by atoms with Gasteiger partial charge in [0.1, 0.15) is 5.82 Å². The first-order valence-electron chi connectivity index (χ1n) is 5.96. The number of hydrogen-bond donors (Lipinski definition) is 1. The minimum atomic E-state index is -3.61. The zero-order valence-corrected chi connectivity index (χ0v) is 12.0. The highest BCUT2D eigenvalue weighted by Crippen LogP contribution is 2.29. The molecule has 3 rings (SSSR count). The third-order valence-electron chi connectivity index (χ3n) is 3.16. The standard InChI is InChI=1S/C12H12FN3O2S2/c13-8-1-3-9(4-2-8)20(17,18)16-6-5-10-11(7-16)19-12(14)15-10/h1-4H,5-7H2,(H2,14,15). The molecule has 1 aromatic carbocycles. The first kappa shape index (κ1) is 13.5. The highest BCUT2D eigenvalue weighted by Gasteiger charge is 2.30. The van der Waals surface area contributed by atoms with E-state index < -0.39 is 15.8 Å². The first-order chi connectivity index (χ1) is 9.46. The van der Waals surface area contributed by atoms with Gasteiger partial charge in [-0.25, -0.2) is 17.8 Å². The molecule has 2 N–H and O–H groups in total. The normalized spacial score (nSPS) is 16.1. The maximum absolute atomic E-state index is 12.9. The van der Waals surface area contributed by atoms with Crippen LogP contribution in [0.25, 0.3) is 0 Å². The van der Waals surface area contributed by atoms with Crippen LogP contribution in [0.5, 0.6) is 0 Å². The summed E-state index contributed by atoms with van der Waals surface area (Å²) in [5, 5.41) is 0.455. The second kappa shape index (κ2) is 4.80. The quantitative estimate of drug-likeness (QED) is 0.914. The number of rotatable bonds is 2. The maximum Gasteiger partial charge on any atom is 0.243 e. The monoisotopic (exact) mass is 313 g/mol. The predicted molar refractivity (Wildman–Crippen MR) is 74.2 cm³/mol. The van der Waals surface area contributed by atoms with Gasteiger partial charge in [0.25, 0.3) is 0 Å². The number of hydrogen-bond acceptors (Lipinski definition) is 5. The summed E-state index contributed by atoms with van der Waals surface area (Å²) < 4.78 is 39.2. The third kappa shape index (κ3) is 2.30. The molecule has 0 bridgehead atoms. The number of nitrogens with zero attached hydrogens (tertiary/aromatic N) is 2. The number of fused-ring (bicyclic) bond motifs is 1. The predicted octanol–water partition coefficient (Wildman–Crippen LogP) is 1.61. The summed E-state index contributed by atoms with van der Waals surface area (Å²) in [6.45, 7) is 0.625. The van der Waals surface area contributed by atoms with E-state index in [2.05, 4.69) is 4.98 Å². The molecule has 0 spiro atoms. The fourth-order valence-corrected chi connectivity index (χ4v) is 4.54. The van der Waals surface area contributed by atoms with Crippen molar-refractivity contribution >= 4 is 26.5 Å². The molecule has 0 fully saturated rings. The zero-order chi connectivity index (χ0) is 14.3. The lowest BCUT2D eigenvalue weighted by molar-refractivity contribution is 0.393. The minimum absolute atomic E-state index is 0.0971. The van der Waals surface area contributed by atoms with Gasteiger partial charge >= 0.3 is 0 Å². The lowest BCUT2D eigenvalue weighted by atomic mass is 10.2. The van der Waals surface area contributed by atoms with Gasteiger partial charge in [-0.3, -0.25) is 0 Å². The Labute approximate surface area is 119 Å². The van der Waals surface area contributed by atoms with Crippen LogP contribution in [-0.2, 0) is 23.0 Å². The summed E-state index contributed by atoms with van der Waals surface area (Å²) in [5.74, 6) is -0.458. The van der Waals surface area contributed by atoms with Gasteiger partial charge in [-0.05, 0) is 24.3 Å². The lowest BCUT2D eigenvalue weighted by Gasteiger charge is -2.25. The molecule has 0 atom stereocenters. The summed E-state index contributed by atoms with van der Waals surface area (Å²) in [6.07, 6.45) is 0.545. The van der Waals surface area contributed by atoms with E-state index in [-0.39, 0.29) is 11.4 Å².